The van der Waals surface area contributed by atoms with Crippen molar-refractivity contribution in [1.29, 1.82) is 0 Å². The molecule has 6 heteroatoms. The molecule has 148 valence electrons. The van der Waals surface area contributed by atoms with Crippen LogP contribution in [0.2, 0.25) is 0 Å². The number of nitrogens with zero attached hydrogens (tertiary/aromatic N) is 2. The van der Waals surface area contributed by atoms with Gasteiger partial charge in [-0.15, -0.1) is 0 Å². The molecule has 0 atom stereocenters. The van der Waals surface area contributed by atoms with Gasteiger partial charge in [0.05, 0.1) is 16.8 Å². The molecular formula is C25H15N3O2S. The second-order valence-corrected chi connectivity index (χ2v) is 8.25. The van der Waals surface area contributed by atoms with Gasteiger partial charge in [0.2, 0.25) is 0 Å². The molecule has 31 heavy (non-hydrogen) atoms. The van der Waals surface area contributed by atoms with E-state index in [1.807, 2.05) is 84.9 Å². The summed E-state index contributed by atoms with van der Waals surface area (Å²) in [5.74, 6) is 0. The van der Waals surface area contributed by atoms with E-state index in [1.54, 1.807) is 4.40 Å². The van der Waals surface area contributed by atoms with Crippen molar-refractivity contribution >= 4 is 37.3 Å². The van der Waals surface area contributed by atoms with Crippen molar-refractivity contribution in [2.75, 3.05) is 0 Å². The average Bonchev–Trinajstić information content (AvgIpc) is 3.20. The molecule has 3 aromatic heterocycles. The Morgan fingerprint density at radius 2 is 1.42 bits per heavy atom. The molecule has 0 aliphatic carbocycles. The Hall–Kier alpha value is -4.03. The van der Waals surface area contributed by atoms with E-state index < -0.39 is 0 Å². The van der Waals surface area contributed by atoms with Crippen LogP contribution in [0.1, 0.15) is 0 Å². The molecule has 5 nitrogen and oxygen atoms in total. The van der Waals surface area contributed by atoms with Crippen molar-refractivity contribution in [2.45, 2.75) is 0 Å². The van der Waals surface area contributed by atoms with E-state index in [2.05, 4.69) is 4.98 Å². The van der Waals surface area contributed by atoms with Gasteiger partial charge >= 0.3 is 0 Å². The van der Waals surface area contributed by atoms with Gasteiger partial charge in [-0.3, -0.25) is 9.59 Å². The lowest BCUT2D eigenvalue weighted by Crippen LogP contribution is -2.17. The van der Waals surface area contributed by atoms with Crippen LogP contribution in [-0.4, -0.2) is 14.4 Å². The maximum absolute atomic E-state index is 13.9. The minimum atomic E-state index is -0.274. The molecule has 0 radical (unpaired) electrons. The van der Waals surface area contributed by atoms with Crippen LogP contribution < -0.4 is 11.1 Å². The molecule has 1 N–H and O–H groups in total. The summed E-state index contributed by atoms with van der Waals surface area (Å²) < 4.78 is 2.04. The number of aromatic amines is 1. The van der Waals surface area contributed by atoms with Gasteiger partial charge in [-0.05, 0) is 6.07 Å². The van der Waals surface area contributed by atoms with E-state index in [0.29, 0.717) is 20.6 Å². The number of H-pyrrole nitrogens is 1. The van der Waals surface area contributed by atoms with Crippen LogP contribution in [-0.2, 0) is 0 Å². The number of fused-ring (bicyclic) bond motifs is 4. The third kappa shape index (κ3) is 2.65. The molecule has 0 aliphatic heterocycles. The highest BCUT2D eigenvalue weighted by atomic mass is 32.1. The number of rotatable bonds is 2. The summed E-state index contributed by atoms with van der Waals surface area (Å²) in [6.45, 7) is 0. The highest BCUT2D eigenvalue weighted by Crippen LogP contribution is 2.34. The molecule has 0 spiro atoms. The molecule has 6 aromatic rings. The number of hydrogen-bond donors (Lipinski definition) is 1. The molecule has 6 rings (SSSR count). The van der Waals surface area contributed by atoms with Crippen molar-refractivity contribution < 1.29 is 0 Å². The smallest absolute Gasteiger partial charge is 0.267 e. The van der Waals surface area contributed by atoms with E-state index >= 15 is 0 Å². The monoisotopic (exact) mass is 421 g/mol. The fourth-order valence-electron chi connectivity index (χ4n) is 4.05. The third-order valence-electron chi connectivity index (χ3n) is 5.43. The quantitative estimate of drug-likeness (QED) is 0.396. The minimum Gasteiger partial charge on any atom is -0.321 e. The summed E-state index contributed by atoms with van der Waals surface area (Å²) in [4.78, 5) is 34.9. The van der Waals surface area contributed by atoms with E-state index in [1.165, 1.54) is 11.3 Å². The lowest BCUT2D eigenvalue weighted by atomic mass is 10.0. The van der Waals surface area contributed by atoms with E-state index in [0.717, 1.165) is 27.9 Å². The SMILES string of the molecule is O=c1[nH]c2ccccc2c2c(=O)n3c(-c4ccccc4)c(-c4ccccc4)nc3sc12. The van der Waals surface area contributed by atoms with Crippen LogP contribution in [0.4, 0.5) is 0 Å². The third-order valence-corrected chi connectivity index (χ3v) is 6.48. The van der Waals surface area contributed by atoms with Gasteiger partial charge in [-0.25, -0.2) is 9.38 Å². The minimum absolute atomic E-state index is 0.236. The summed E-state index contributed by atoms with van der Waals surface area (Å²) >= 11 is 1.24. The van der Waals surface area contributed by atoms with Gasteiger partial charge in [-0.1, -0.05) is 90.2 Å². The first-order valence-electron chi connectivity index (χ1n) is 9.83. The zero-order chi connectivity index (χ0) is 20.9. The number of nitrogens with one attached hydrogen (secondary N) is 1. The highest BCUT2D eigenvalue weighted by Gasteiger charge is 2.21. The van der Waals surface area contributed by atoms with Gasteiger partial charge in [-0.2, -0.15) is 0 Å². The van der Waals surface area contributed by atoms with Crippen molar-refractivity contribution in [2.24, 2.45) is 0 Å². The first-order chi connectivity index (χ1) is 15.2. The molecular weight excluding hydrogens is 406 g/mol. The van der Waals surface area contributed by atoms with Crippen LogP contribution in [0.25, 0.3) is 48.5 Å². The van der Waals surface area contributed by atoms with Crippen molar-refractivity contribution in [3.8, 4) is 22.5 Å². The van der Waals surface area contributed by atoms with Gasteiger partial charge in [0.25, 0.3) is 11.1 Å². The number of pyridine rings is 1. The Balaban J connectivity index is 1.86. The standard InChI is InChI=1S/C25H15N3O2S/c29-23-22-19(17-13-7-8-14-18(17)26-23)24(30)28-21(16-11-5-2-6-12-16)20(27-25(28)31-22)15-9-3-1-4-10-15/h1-14H,(H,26,29). The fraction of sp³-hybridized carbons (Fsp3) is 0. The number of para-hydroxylation sites is 1. The Morgan fingerprint density at radius 1 is 0.774 bits per heavy atom. The molecule has 0 unspecified atom stereocenters. The zero-order valence-corrected chi connectivity index (χ0v) is 17.0. The Morgan fingerprint density at radius 3 is 2.16 bits per heavy atom. The molecule has 0 aliphatic rings. The lowest BCUT2D eigenvalue weighted by Gasteiger charge is -2.07. The van der Waals surface area contributed by atoms with Gasteiger partial charge in [0.1, 0.15) is 4.70 Å². The maximum atomic E-state index is 13.9. The molecule has 0 bridgehead atoms. The maximum Gasteiger partial charge on any atom is 0.267 e. The molecule has 0 fully saturated rings. The Bertz CT molecular complexity index is 1720. The summed E-state index contributed by atoms with van der Waals surface area (Å²) in [6, 6.07) is 27.0. The first-order valence-corrected chi connectivity index (χ1v) is 10.6. The summed E-state index contributed by atoms with van der Waals surface area (Å²) in [5.41, 5.74) is 3.40. The molecule has 3 heterocycles. The van der Waals surface area contributed by atoms with Crippen LogP contribution >= 0.6 is 11.3 Å². The lowest BCUT2D eigenvalue weighted by molar-refractivity contribution is 1.16. The number of benzene rings is 3. The van der Waals surface area contributed by atoms with E-state index in [9.17, 15) is 9.59 Å². The van der Waals surface area contributed by atoms with Gasteiger partial charge in [0, 0.05) is 22.0 Å². The van der Waals surface area contributed by atoms with Gasteiger partial charge < -0.3 is 4.98 Å². The normalized spacial score (nSPS) is 11.5. The van der Waals surface area contributed by atoms with Crippen LogP contribution in [0, 0.1) is 0 Å². The summed E-state index contributed by atoms with van der Waals surface area (Å²) in [5, 5.41) is 1.15. The predicted molar refractivity (Wildman–Crippen MR) is 126 cm³/mol. The molecule has 0 saturated carbocycles. The summed E-state index contributed by atoms with van der Waals surface area (Å²) in [7, 11) is 0. The van der Waals surface area contributed by atoms with Crippen molar-refractivity contribution in [1.82, 2.24) is 14.4 Å². The Kier molecular flexibility index (Phi) is 3.88. The van der Waals surface area contributed by atoms with Crippen molar-refractivity contribution in [3.05, 3.63) is 106 Å². The highest BCUT2D eigenvalue weighted by molar-refractivity contribution is 7.23. The molecule has 0 saturated heterocycles. The predicted octanol–water partition coefficient (Wildman–Crippen LogP) is 5.08. The van der Waals surface area contributed by atoms with Crippen molar-refractivity contribution in [3.63, 3.8) is 0 Å². The van der Waals surface area contributed by atoms with Crippen LogP contribution in [0.15, 0.2) is 94.5 Å². The number of aromatic nitrogens is 3. The molecule has 0 amide bonds. The number of hydrogen-bond acceptors (Lipinski definition) is 4. The van der Waals surface area contributed by atoms with Crippen LogP contribution in [0.5, 0.6) is 0 Å². The molecule has 3 aromatic carbocycles. The van der Waals surface area contributed by atoms with Crippen LogP contribution in [0.3, 0.4) is 0 Å². The van der Waals surface area contributed by atoms with Gasteiger partial charge in [0.15, 0.2) is 4.96 Å². The number of imidazole rings is 1. The Labute approximate surface area is 179 Å². The fourth-order valence-corrected chi connectivity index (χ4v) is 5.08. The topological polar surface area (TPSA) is 67.2 Å². The largest absolute Gasteiger partial charge is 0.321 e. The second-order valence-electron chi connectivity index (χ2n) is 7.27. The zero-order valence-electron chi connectivity index (χ0n) is 16.2. The first kappa shape index (κ1) is 17.8. The summed E-state index contributed by atoms with van der Waals surface area (Å²) in [6.07, 6.45) is 0. The van der Waals surface area contributed by atoms with E-state index in [-0.39, 0.29) is 11.1 Å². The van der Waals surface area contributed by atoms with E-state index in [4.69, 9.17) is 4.98 Å². The second kappa shape index (κ2) is 6.75. The average molecular weight is 421 g/mol.